The molecule has 5 atom stereocenters. The summed E-state index contributed by atoms with van der Waals surface area (Å²) in [5, 5.41) is 14.2. The van der Waals surface area contributed by atoms with Crippen LogP contribution in [0.25, 0.3) is 10.8 Å². The van der Waals surface area contributed by atoms with Crippen LogP contribution in [-0.4, -0.2) is 58.0 Å². The van der Waals surface area contributed by atoms with E-state index in [-0.39, 0.29) is 10.2 Å². The largest absolute Gasteiger partial charge is 0.462 e. The maximum absolute atomic E-state index is 16.0. The molecule has 1 aromatic heterocycles. The van der Waals surface area contributed by atoms with Crippen LogP contribution in [0.3, 0.4) is 0 Å². The second-order valence-corrected chi connectivity index (χ2v) is 12.1. The molecule has 0 radical (unpaired) electrons. The summed E-state index contributed by atoms with van der Waals surface area (Å²) in [4.78, 5) is 38.2. The van der Waals surface area contributed by atoms with Crippen LogP contribution in [0.4, 0.5) is 8.78 Å². The van der Waals surface area contributed by atoms with E-state index in [1.807, 2.05) is 17.1 Å². The van der Waals surface area contributed by atoms with Gasteiger partial charge in [0.1, 0.15) is 31.2 Å². The molecule has 230 valence electrons. The maximum Gasteiger partial charge on any atom is 0.459 e. The second kappa shape index (κ2) is 14.0. The highest BCUT2D eigenvalue weighted by molar-refractivity contribution is 9.10. The van der Waals surface area contributed by atoms with Crippen LogP contribution in [0, 0.1) is 0 Å². The molecule has 0 aliphatic carbocycles. The van der Waals surface area contributed by atoms with Crippen LogP contribution in [-0.2, 0) is 23.4 Å². The fraction of sp³-hybridized carbons (Fsp3) is 0.423. The lowest BCUT2D eigenvalue weighted by Gasteiger charge is -2.33. The first-order chi connectivity index (χ1) is 19.7. The van der Waals surface area contributed by atoms with E-state index in [2.05, 4.69) is 21.0 Å². The summed E-state index contributed by atoms with van der Waals surface area (Å²) in [5.74, 6) is -4.05. The summed E-state index contributed by atoms with van der Waals surface area (Å²) < 4.78 is 65.5. The first-order valence-electron chi connectivity index (χ1n) is 12.7. The molecule has 1 heterocycles. The van der Waals surface area contributed by atoms with E-state index in [1.165, 1.54) is 19.1 Å². The number of carbonyl (C=O) groups is 1. The number of alkyl halides is 2. The van der Waals surface area contributed by atoms with E-state index < -0.39 is 68.6 Å². The molecule has 42 heavy (non-hydrogen) atoms. The van der Waals surface area contributed by atoms with Crippen molar-refractivity contribution >= 4 is 40.4 Å². The van der Waals surface area contributed by atoms with Gasteiger partial charge in [0.25, 0.3) is 11.4 Å². The first-order valence-corrected chi connectivity index (χ1v) is 15.0. The molecule has 0 saturated carbocycles. The van der Waals surface area contributed by atoms with Gasteiger partial charge in [-0.25, -0.2) is 18.1 Å². The third-order valence-electron chi connectivity index (χ3n) is 5.76. The summed E-state index contributed by atoms with van der Waals surface area (Å²) in [6.45, 7) is 2.70. The third-order valence-corrected chi connectivity index (χ3v) is 7.95. The van der Waals surface area contributed by atoms with Crippen molar-refractivity contribution in [3.8, 4) is 5.75 Å². The monoisotopic (exact) mass is 677 g/mol. The number of hydrogen-bond acceptors (Lipinski definition) is 9. The average molecular weight is 678 g/mol. The van der Waals surface area contributed by atoms with E-state index in [0.717, 1.165) is 18.5 Å². The van der Waals surface area contributed by atoms with Crippen molar-refractivity contribution in [2.24, 2.45) is 0 Å². The van der Waals surface area contributed by atoms with Crippen molar-refractivity contribution in [3.05, 3.63) is 74.0 Å². The lowest BCUT2D eigenvalue weighted by molar-refractivity contribution is -0.261. The van der Waals surface area contributed by atoms with Crippen molar-refractivity contribution < 1.29 is 41.8 Å². The van der Waals surface area contributed by atoms with Gasteiger partial charge in [-0.05, 0) is 66.5 Å². The Balaban J connectivity index is 1.92. The number of aliphatic hydroxyl groups is 1. The molecule has 0 amide bonds. The Morgan fingerprint density at radius 3 is 2.45 bits per heavy atom. The molecule has 0 spiro atoms. The number of carbonyl (C=O) groups excluding carboxylic acids is 1. The van der Waals surface area contributed by atoms with Crippen LogP contribution in [0.5, 0.6) is 5.75 Å². The smallest absolute Gasteiger partial charge is 0.459 e. The van der Waals surface area contributed by atoms with Crippen LogP contribution in [0.15, 0.2) is 62.7 Å². The van der Waals surface area contributed by atoms with Gasteiger partial charge in [-0.3, -0.25) is 23.7 Å². The quantitative estimate of drug-likeness (QED) is 0.167. The predicted molar refractivity (Wildman–Crippen MR) is 153 cm³/mol. The zero-order valence-electron chi connectivity index (χ0n) is 23.1. The second-order valence-electron chi connectivity index (χ2n) is 9.54. The number of aliphatic hydroxyl groups excluding tert-OH is 1. The fourth-order valence-corrected chi connectivity index (χ4v) is 5.38. The maximum atomic E-state index is 16.0. The van der Waals surface area contributed by atoms with E-state index in [9.17, 15) is 28.4 Å². The van der Waals surface area contributed by atoms with Gasteiger partial charge < -0.3 is 19.1 Å². The van der Waals surface area contributed by atoms with Gasteiger partial charge >= 0.3 is 19.4 Å². The molecule has 3 rings (SSSR count). The zero-order chi connectivity index (χ0) is 31.2. The fourth-order valence-electron chi connectivity index (χ4n) is 3.57. The lowest BCUT2D eigenvalue weighted by atomic mass is 10.1. The Morgan fingerprint density at radius 2 is 1.83 bits per heavy atom. The Labute approximate surface area is 247 Å². The summed E-state index contributed by atoms with van der Waals surface area (Å²) >= 11 is 2.89. The van der Waals surface area contributed by atoms with Gasteiger partial charge in [0.2, 0.25) is 0 Å². The average Bonchev–Trinajstić information content (AvgIpc) is 2.92. The minimum atomic E-state index is -4.66. The highest BCUT2D eigenvalue weighted by Crippen LogP contribution is 2.47. The Morgan fingerprint density at radius 1 is 1.17 bits per heavy atom. The van der Waals surface area contributed by atoms with Gasteiger partial charge in [0.15, 0.2) is 6.23 Å². The minimum absolute atomic E-state index is 0.0302. The van der Waals surface area contributed by atoms with Gasteiger partial charge in [0.05, 0.1) is 10.6 Å². The molecule has 12 nitrogen and oxygen atoms in total. The van der Waals surface area contributed by atoms with Crippen LogP contribution < -0.4 is 20.9 Å². The molecule has 0 fully saturated rings. The van der Waals surface area contributed by atoms with Crippen LogP contribution in [0.1, 0.15) is 33.9 Å². The van der Waals surface area contributed by atoms with Gasteiger partial charge in [-0.1, -0.05) is 30.3 Å². The van der Waals surface area contributed by atoms with E-state index in [0.29, 0.717) is 9.95 Å². The molecule has 0 aliphatic heterocycles. The summed E-state index contributed by atoms with van der Waals surface area (Å²) in [5.41, 5.74) is -1.94. The zero-order valence-corrected chi connectivity index (χ0v) is 25.6. The number of nitrogens with zero attached hydrogens (tertiary/aromatic N) is 1. The Kier molecular flexibility index (Phi) is 11.2. The third kappa shape index (κ3) is 8.55. The van der Waals surface area contributed by atoms with Crippen molar-refractivity contribution in [2.75, 3.05) is 13.3 Å². The highest BCUT2D eigenvalue weighted by Gasteiger charge is 2.44. The van der Waals surface area contributed by atoms with Gasteiger partial charge in [-0.2, -0.15) is 5.09 Å². The van der Waals surface area contributed by atoms with Gasteiger partial charge in [-0.15, -0.1) is 0 Å². The van der Waals surface area contributed by atoms with Gasteiger partial charge in [0, 0.05) is 6.20 Å². The van der Waals surface area contributed by atoms with Crippen molar-refractivity contribution in [3.63, 3.8) is 0 Å². The molecular weight excluding hydrogens is 647 g/mol. The molecule has 16 heteroatoms. The predicted octanol–water partition coefficient (Wildman–Crippen LogP) is 4.12. The number of esters is 1. The molecular formula is C26H31BrF2N3O9P. The number of fused-ring (bicyclic) bond motifs is 1. The SMILES string of the molecule is CC(C)OC(=O)C(C)NP(=O)(OC[C@@](F)(OC(CF)n1cc(Br)c(=O)[nH]c1=O)[C@H](C)O)Oc1ccc2ccccc2c1. The first kappa shape index (κ1) is 33.6. The van der Waals surface area contributed by atoms with E-state index >= 15 is 4.39 Å². The number of ether oxygens (including phenoxy) is 2. The summed E-state index contributed by atoms with van der Waals surface area (Å²) in [6.07, 6.45) is -3.63. The number of halogens is 3. The highest BCUT2D eigenvalue weighted by atomic mass is 79.9. The summed E-state index contributed by atoms with van der Waals surface area (Å²) in [7, 11) is -4.66. The molecule has 0 aliphatic rings. The minimum Gasteiger partial charge on any atom is -0.462 e. The number of aromatic nitrogens is 2. The number of aromatic amines is 1. The molecule has 3 unspecified atom stereocenters. The molecule has 0 saturated heterocycles. The molecule has 3 aromatic rings. The standard InChI is InChI=1S/C26H31BrF2N3O9P/c1-15(2)39-24(35)16(3)31-42(37,41-20-10-9-18-7-5-6-8-19(18)11-20)38-14-26(29,17(4)33)40-22(12-28)32-13-21(27)23(34)30-25(32)36/h5-11,13,15-17,22,33H,12,14H2,1-4H3,(H,31,37)(H,30,34,36)/t16?,17-,22?,26+,42?/m0/s1. The Bertz CT molecular complexity index is 1570. The number of rotatable bonds is 14. The topological polar surface area (TPSA) is 158 Å². The van der Waals surface area contributed by atoms with Crippen molar-refractivity contribution in [1.29, 1.82) is 0 Å². The number of benzene rings is 2. The number of H-pyrrole nitrogens is 1. The van der Waals surface area contributed by atoms with Crippen LogP contribution in [0.2, 0.25) is 0 Å². The molecule has 0 bridgehead atoms. The van der Waals surface area contributed by atoms with E-state index in [1.54, 1.807) is 32.0 Å². The summed E-state index contributed by atoms with van der Waals surface area (Å²) in [6, 6.07) is 10.6. The van der Waals surface area contributed by atoms with Crippen molar-refractivity contribution in [2.45, 2.75) is 58.0 Å². The van der Waals surface area contributed by atoms with E-state index in [4.69, 9.17) is 18.5 Å². The number of nitrogens with one attached hydrogen (secondary N) is 2. The lowest BCUT2D eigenvalue weighted by Crippen LogP contribution is -2.47. The normalized spacial score (nSPS) is 16.8. The number of hydrogen-bond donors (Lipinski definition) is 3. The Hall–Kier alpha value is -2.94. The van der Waals surface area contributed by atoms with Crippen molar-refractivity contribution in [1.82, 2.24) is 14.6 Å². The molecule has 3 N–H and O–H groups in total. The van der Waals surface area contributed by atoms with Crippen LogP contribution >= 0.6 is 23.7 Å². The molecule has 2 aromatic carbocycles.